The van der Waals surface area contributed by atoms with Gasteiger partial charge in [0.2, 0.25) is 0 Å². The minimum absolute atomic E-state index is 0.126. The van der Waals surface area contributed by atoms with E-state index in [0.717, 1.165) is 16.7 Å². The van der Waals surface area contributed by atoms with Crippen molar-refractivity contribution in [2.24, 2.45) is 0 Å². The maximum atomic E-state index is 13.6. The lowest BCUT2D eigenvalue weighted by Gasteiger charge is -2.13. The van der Waals surface area contributed by atoms with E-state index >= 15 is 0 Å². The Morgan fingerprint density at radius 3 is 2.03 bits per heavy atom. The summed E-state index contributed by atoms with van der Waals surface area (Å²) in [6, 6.07) is 28.4. The van der Waals surface area contributed by atoms with Gasteiger partial charge in [0.25, 0.3) is 0 Å². The Balaban J connectivity index is 1.62. The number of halogens is 1. The molecular formula is C26H20FN3O. The van der Waals surface area contributed by atoms with Crippen molar-refractivity contribution >= 4 is 11.0 Å². The van der Waals surface area contributed by atoms with Crippen LogP contribution < -0.4 is 0 Å². The van der Waals surface area contributed by atoms with Gasteiger partial charge in [0.1, 0.15) is 28.3 Å². The molecule has 31 heavy (non-hydrogen) atoms. The zero-order valence-electron chi connectivity index (χ0n) is 16.7. The van der Waals surface area contributed by atoms with E-state index in [1.54, 1.807) is 6.07 Å². The Bertz CT molecular complexity index is 1350. The van der Waals surface area contributed by atoms with Crippen LogP contribution in [0.5, 0.6) is 5.75 Å². The first-order chi connectivity index (χ1) is 15.2. The van der Waals surface area contributed by atoms with Gasteiger partial charge in [-0.15, -0.1) is 15.0 Å². The molecule has 0 aliphatic heterocycles. The fourth-order valence-corrected chi connectivity index (χ4v) is 3.77. The number of phenolic OH excluding ortho intramolecular Hbond substituents is 1. The molecule has 152 valence electrons. The number of aromatic nitrogens is 3. The van der Waals surface area contributed by atoms with E-state index in [4.69, 9.17) is 0 Å². The van der Waals surface area contributed by atoms with Crippen LogP contribution in [0.1, 0.15) is 22.3 Å². The first kappa shape index (κ1) is 19.0. The van der Waals surface area contributed by atoms with Gasteiger partial charge in [-0.05, 0) is 41.3 Å². The zero-order valence-corrected chi connectivity index (χ0v) is 16.7. The van der Waals surface area contributed by atoms with E-state index in [9.17, 15) is 9.50 Å². The molecule has 0 spiro atoms. The van der Waals surface area contributed by atoms with Crippen molar-refractivity contribution in [2.75, 3.05) is 0 Å². The predicted octanol–water partition coefficient (Wildman–Crippen LogP) is 5.45. The second-order valence-electron chi connectivity index (χ2n) is 7.57. The van der Waals surface area contributed by atoms with Gasteiger partial charge >= 0.3 is 0 Å². The summed E-state index contributed by atoms with van der Waals surface area (Å²) in [6.45, 7) is 0. The lowest BCUT2D eigenvalue weighted by molar-refractivity contribution is 0.461. The Morgan fingerprint density at radius 2 is 1.32 bits per heavy atom. The number of fused-ring (bicyclic) bond motifs is 1. The summed E-state index contributed by atoms with van der Waals surface area (Å²) in [4.78, 5) is 1.39. The van der Waals surface area contributed by atoms with Gasteiger partial charge in [-0.3, -0.25) is 0 Å². The minimum atomic E-state index is -0.369. The summed E-state index contributed by atoms with van der Waals surface area (Å²) in [5, 5.41) is 20.0. The maximum absolute atomic E-state index is 13.6. The topological polar surface area (TPSA) is 50.9 Å². The van der Waals surface area contributed by atoms with E-state index in [1.807, 2.05) is 60.7 Å². The summed E-state index contributed by atoms with van der Waals surface area (Å²) < 4.78 is 13.6. The molecule has 4 aromatic carbocycles. The van der Waals surface area contributed by atoms with Crippen molar-refractivity contribution in [3.05, 3.63) is 119 Å². The van der Waals surface area contributed by atoms with Gasteiger partial charge in [0.15, 0.2) is 0 Å². The summed E-state index contributed by atoms with van der Waals surface area (Å²) >= 11 is 0. The Kier molecular flexibility index (Phi) is 4.92. The molecule has 0 aliphatic rings. The standard InChI is InChI=1S/C26H20FN3O/c27-22-11-12-23-24(17-22)29-30(28-23)25-16-20(13-18-7-3-1-4-8-18)15-21(26(25)31)14-19-9-5-2-6-10-19/h1-12,15-17,31H,13-14H2. The molecule has 1 N–H and O–H groups in total. The lowest BCUT2D eigenvalue weighted by Crippen LogP contribution is -2.04. The van der Waals surface area contributed by atoms with Crippen molar-refractivity contribution < 1.29 is 9.50 Å². The smallest absolute Gasteiger partial charge is 0.146 e. The molecule has 0 fully saturated rings. The third-order valence-corrected chi connectivity index (χ3v) is 5.27. The second-order valence-corrected chi connectivity index (χ2v) is 7.57. The largest absolute Gasteiger partial charge is 0.505 e. The highest BCUT2D eigenvalue weighted by molar-refractivity contribution is 5.74. The van der Waals surface area contributed by atoms with E-state index in [0.29, 0.717) is 29.6 Å². The summed E-state index contributed by atoms with van der Waals surface area (Å²) in [5.41, 5.74) is 5.60. The van der Waals surface area contributed by atoms with Crippen molar-refractivity contribution in [3.63, 3.8) is 0 Å². The molecule has 0 saturated heterocycles. The Labute approximate surface area is 179 Å². The van der Waals surface area contributed by atoms with Crippen molar-refractivity contribution in [1.29, 1.82) is 0 Å². The van der Waals surface area contributed by atoms with Crippen molar-refractivity contribution in [3.8, 4) is 11.4 Å². The molecule has 0 atom stereocenters. The van der Waals surface area contributed by atoms with Crippen LogP contribution in [0, 0.1) is 5.82 Å². The molecule has 5 heteroatoms. The van der Waals surface area contributed by atoms with E-state index < -0.39 is 0 Å². The molecule has 5 aromatic rings. The average Bonchev–Trinajstić information content (AvgIpc) is 3.20. The molecule has 0 bridgehead atoms. The minimum Gasteiger partial charge on any atom is -0.505 e. The van der Waals surface area contributed by atoms with Crippen LogP contribution in [0.3, 0.4) is 0 Å². The number of benzene rings is 4. The van der Waals surface area contributed by atoms with E-state index in [1.165, 1.54) is 22.5 Å². The highest BCUT2D eigenvalue weighted by Crippen LogP contribution is 2.31. The van der Waals surface area contributed by atoms with Gasteiger partial charge in [-0.1, -0.05) is 66.7 Å². The summed E-state index contributed by atoms with van der Waals surface area (Å²) in [5.74, 6) is -0.243. The zero-order chi connectivity index (χ0) is 21.2. The number of aromatic hydroxyl groups is 1. The first-order valence-corrected chi connectivity index (χ1v) is 10.1. The van der Waals surface area contributed by atoms with Crippen LogP contribution in [-0.4, -0.2) is 20.1 Å². The van der Waals surface area contributed by atoms with Gasteiger partial charge in [-0.2, -0.15) is 0 Å². The monoisotopic (exact) mass is 409 g/mol. The van der Waals surface area contributed by atoms with E-state index in [2.05, 4.69) is 22.3 Å². The molecule has 0 unspecified atom stereocenters. The Morgan fingerprint density at radius 1 is 0.677 bits per heavy atom. The normalized spacial score (nSPS) is 11.1. The lowest BCUT2D eigenvalue weighted by atomic mass is 9.97. The molecule has 0 aliphatic carbocycles. The van der Waals surface area contributed by atoms with Crippen LogP contribution in [0.4, 0.5) is 4.39 Å². The SMILES string of the molecule is Oc1c(Cc2ccccc2)cc(Cc2ccccc2)cc1-n1nc2ccc(F)cc2n1. The fraction of sp³-hybridized carbons (Fsp3) is 0.0769. The van der Waals surface area contributed by atoms with Crippen molar-refractivity contribution in [2.45, 2.75) is 12.8 Å². The van der Waals surface area contributed by atoms with Crippen LogP contribution >= 0.6 is 0 Å². The molecule has 5 rings (SSSR count). The number of rotatable bonds is 5. The fourth-order valence-electron chi connectivity index (χ4n) is 3.77. The molecule has 0 saturated carbocycles. The maximum Gasteiger partial charge on any atom is 0.146 e. The Hall–Kier alpha value is -3.99. The molecule has 0 radical (unpaired) electrons. The summed E-state index contributed by atoms with van der Waals surface area (Å²) in [7, 11) is 0. The summed E-state index contributed by atoms with van der Waals surface area (Å²) in [6.07, 6.45) is 1.29. The van der Waals surface area contributed by atoms with Gasteiger partial charge in [-0.25, -0.2) is 4.39 Å². The van der Waals surface area contributed by atoms with Gasteiger partial charge in [0.05, 0.1) is 0 Å². The molecule has 0 amide bonds. The third kappa shape index (κ3) is 4.03. The number of nitrogens with zero attached hydrogens (tertiary/aromatic N) is 3. The average molecular weight is 409 g/mol. The highest BCUT2D eigenvalue weighted by Gasteiger charge is 2.16. The van der Waals surface area contributed by atoms with Crippen LogP contribution in [0.2, 0.25) is 0 Å². The van der Waals surface area contributed by atoms with Crippen LogP contribution in [-0.2, 0) is 12.8 Å². The predicted molar refractivity (Wildman–Crippen MR) is 119 cm³/mol. The molecular weight excluding hydrogens is 389 g/mol. The van der Waals surface area contributed by atoms with Gasteiger partial charge in [0, 0.05) is 18.1 Å². The van der Waals surface area contributed by atoms with Crippen LogP contribution in [0.25, 0.3) is 16.7 Å². The number of phenols is 1. The molecule has 1 aromatic heterocycles. The second kappa shape index (κ2) is 8.03. The molecule has 4 nitrogen and oxygen atoms in total. The first-order valence-electron chi connectivity index (χ1n) is 10.1. The van der Waals surface area contributed by atoms with Gasteiger partial charge < -0.3 is 5.11 Å². The quantitative estimate of drug-likeness (QED) is 0.420. The van der Waals surface area contributed by atoms with Crippen molar-refractivity contribution in [1.82, 2.24) is 15.0 Å². The molecule has 1 heterocycles. The third-order valence-electron chi connectivity index (χ3n) is 5.27. The highest BCUT2D eigenvalue weighted by atomic mass is 19.1. The number of hydrogen-bond acceptors (Lipinski definition) is 3. The van der Waals surface area contributed by atoms with Crippen LogP contribution in [0.15, 0.2) is 91.0 Å². The van der Waals surface area contributed by atoms with E-state index in [-0.39, 0.29) is 11.6 Å². The number of hydrogen-bond donors (Lipinski definition) is 1.